The predicted molar refractivity (Wildman–Crippen MR) is 78.1 cm³/mol. The molecule has 0 bridgehead atoms. The minimum absolute atomic E-state index is 0.443. The molecular weight excluding hydrogens is 252 g/mol. The van der Waals surface area contributed by atoms with E-state index in [-0.39, 0.29) is 0 Å². The van der Waals surface area contributed by atoms with E-state index in [2.05, 4.69) is 22.0 Å². The van der Waals surface area contributed by atoms with Crippen molar-refractivity contribution < 1.29 is 9.47 Å². The molecule has 1 aliphatic rings. The number of rotatable bonds is 3. The normalized spacial score (nSPS) is 13.9. The minimum atomic E-state index is -0.443. The Hall–Kier alpha value is -2.49. The van der Waals surface area contributed by atoms with E-state index in [1.165, 1.54) is 12.5 Å². The molecule has 4 heteroatoms. The Labute approximate surface area is 118 Å². The molecule has 20 heavy (non-hydrogen) atoms. The molecule has 0 unspecified atom stereocenters. The fourth-order valence-corrected chi connectivity index (χ4v) is 2.19. The smallest absolute Gasteiger partial charge is 0.283 e. The number of anilines is 1. The third kappa shape index (κ3) is 2.32. The highest BCUT2D eigenvalue weighted by Crippen LogP contribution is 2.30. The average Bonchev–Trinajstić information content (AvgIpc) is 3.01. The average molecular weight is 268 g/mol. The summed E-state index contributed by atoms with van der Waals surface area (Å²) in [6, 6.07) is 14.0. The van der Waals surface area contributed by atoms with Crippen LogP contribution in [0, 0.1) is 0 Å². The van der Waals surface area contributed by atoms with Crippen molar-refractivity contribution in [2.75, 3.05) is 19.0 Å². The second kappa shape index (κ2) is 5.25. The number of hydrogen-bond donors (Lipinski definition) is 0. The van der Waals surface area contributed by atoms with Crippen LogP contribution in [-0.4, -0.2) is 19.1 Å². The van der Waals surface area contributed by atoms with Crippen LogP contribution in [0.3, 0.4) is 0 Å². The molecule has 1 aromatic heterocycles. The number of para-hydroxylation sites is 1. The largest absolute Gasteiger partial charge is 0.454 e. The third-order valence-electron chi connectivity index (χ3n) is 3.13. The van der Waals surface area contributed by atoms with Crippen LogP contribution in [0.1, 0.15) is 12.0 Å². The minimum Gasteiger partial charge on any atom is -0.454 e. The van der Waals surface area contributed by atoms with Crippen molar-refractivity contribution in [2.45, 2.75) is 6.29 Å². The summed E-state index contributed by atoms with van der Waals surface area (Å²) in [7, 11) is 4.05. The molecule has 0 spiro atoms. The molecule has 0 aliphatic carbocycles. The van der Waals surface area contributed by atoms with Crippen molar-refractivity contribution in [3.05, 3.63) is 60.7 Å². The highest BCUT2D eigenvalue weighted by molar-refractivity contribution is 5.76. The highest BCUT2D eigenvalue weighted by Gasteiger charge is 2.18. The van der Waals surface area contributed by atoms with Crippen LogP contribution in [0.25, 0.3) is 11.3 Å². The van der Waals surface area contributed by atoms with E-state index < -0.39 is 6.29 Å². The fraction of sp³-hybridized carbons (Fsp3) is 0.188. The van der Waals surface area contributed by atoms with Crippen molar-refractivity contribution in [1.82, 2.24) is 4.98 Å². The molecule has 0 saturated carbocycles. The zero-order valence-corrected chi connectivity index (χ0v) is 11.5. The summed E-state index contributed by atoms with van der Waals surface area (Å²) in [4.78, 5) is 6.73. The van der Waals surface area contributed by atoms with Crippen LogP contribution in [0.2, 0.25) is 0 Å². The van der Waals surface area contributed by atoms with Gasteiger partial charge in [-0.05, 0) is 18.2 Å². The first-order valence-corrected chi connectivity index (χ1v) is 6.45. The zero-order valence-electron chi connectivity index (χ0n) is 11.5. The van der Waals surface area contributed by atoms with Gasteiger partial charge in [-0.2, -0.15) is 0 Å². The van der Waals surface area contributed by atoms with Crippen LogP contribution < -0.4 is 4.90 Å². The molecule has 0 fully saturated rings. The van der Waals surface area contributed by atoms with Crippen LogP contribution in [-0.2, 0) is 9.47 Å². The van der Waals surface area contributed by atoms with Gasteiger partial charge < -0.3 is 14.4 Å². The summed E-state index contributed by atoms with van der Waals surface area (Å²) in [6.07, 6.45) is 2.63. The molecule has 0 N–H and O–H groups in total. The molecular formula is C16H16N2O2. The van der Waals surface area contributed by atoms with E-state index >= 15 is 0 Å². The lowest BCUT2D eigenvalue weighted by molar-refractivity contribution is -0.0278. The van der Waals surface area contributed by atoms with Crippen molar-refractivity contribution in [3.63, 3.8) is 0 Å². The van der Waals surface area contributed by atoms with Crippen LogP contribution in [0.15, 0.2) is 55.0 Å². The van der Waals surface area contributed by atoms with Gasteiger partial charge in [0.1, 0.15) is 18.2 Å². The molecule has 1 aliphatic heterocycles. The van der Waals surface area contributed by atoms with E-state index in [0.29, 0.717) is 0 Å². The maximum Gasteiger partial charge on any atom is 0.283 e. The summed E-state index contributed by atoms with van der Waals surface area (Å²) in [6.45, 7) is 0. The number of hydrogen-bond acceptors (Lipinski definition) is 4. The summed E-state index contributed by atoms with van der Waals surface area (Å²) in [5.41, 5.74) is 3.89. The SMILES string of the molecule is CN(C)c1ccccc1-c1cccc(C2OC=CO2)n1. The standard InChI is InChI=1S/C16H16N2O2/c1-18(2)15-9-4-3-6-12(15)13-7-5-8-14(17-13)16-19-10-11-20-16/h3-11,16H,1-2H3. The lowest BCUT2D eigenvalue weighted by atomic mass is 10.1. The van der Waals surface area contributed by atoms with Crippen LogP contribution in [0.5, 0.6) is 0 Å². The molecule has 4 nitrogen and oxygen atoms in total. The number of nitrogens with zero attached hydrogens (tertiary/aromatic N) is 2. The number of aromatic nitrogens is 1. The number of pyridine rings is 1. The van der Waals surface area contributed by atoms with Gasteiger partial charge in [0.25, 0.3) is 6.29 Å². The Morgan fingerprint density at radius 1 is 0.950 bits per heavy atom. The van der Waals surface area contributed by atoms with Gasteiger partial charge in [-0.25, -0.2) is 4.98 Å². The van der Waals surface area contributed by atoms with Gasteiger partial charge in [-0.3, -0.25) is 0 Å². The second-order valence-electron chi connectivity index (χ2n) is 4.74. The quantitative estimate of drug-likeness (QED) is 0.855. The lowest BCUT2D eigenvalue weighted by Crippen LogP contribution is -2.10. The molecule has 0 saturated heterocycles. The monoisotopic (exact) mass is 268 g/mol. The zero-order chi connectivity index (χ0) is 13.9. The van der Waals surface area contributed by atoms with E-state index in [1.807, 2.05) is 44.4 Å². The molecule has 2 heterocycles. The van der Waals surface area contributed by atoms with Crippen LogP contribution in [0.4, 0.5) is 5.69 Å². The van der Waals surface area contributed by atoms with Crippen LogP contribution >= 0.6 is 0 Å². The predicted octanol–water partition coefficient (Wildman–Crippen LogP) is 3.33. The van der Waals surface area contributed by atoms with Crippen molar-refractivity contribution in [2.24, 2.45) is 0 Å². The molecule has 102 valence electrons. The van der Waals surface area contributed by atoms with Gasteiger partial charge in [0, 0.05) is 25.3 Å². The molecule has 0 atom stereocenters. The van der Waals surface area contributed by atoms with Gasteiger partial charge in [0.05, 0.1) is 5.69 Å². The Kier molecular flexibility index (Phi) is 3.29. The number of ether oxygens (including phenoxy) is 2. The third-order valence-corrected chi connectivity index (χ3v) is 3.13. The first kappa shape index (κ1) is 12.5. The van der Waals surface area contributed by atoms with E-state index in [0.717, 1.165) is 22.6 Å². The topological polar surface area (TPSA) is 34.6 Å². The Balaban J connectivity index is 2.00. The lowest BCUT2D eigenvalue weighted by Gasteiger charge is -2.17. The Bertz CT molecular complexity index is 630. The Morgan fingerprint density at radius 3 is 2.45 bits per heavy atom. The van der Waals surface area contributed by atoms with E-state index in [4.69, 9.17) is 9.47 Å². The van der Waals surface area contributed by atoms with Crippen molar-refractivity contribution in [3.8, 4) is 11.3 Å². The maximum atomic E-state index is 5.33. The maximum absolute atomic E-state index is 5.33. The molecule has 2 aromatic rings. The first-order chi connectivity index (χ1) is 9.75. The second-order valence-corrected chi connectivity index (χ2v) is 4.74. The molecule has 0 radical (unpaired) electrons. The van der Waals surface area contributed by atoms with Gasteiger partial charge in [-0.1, -0.05) is 24.3 Å². The first-order valence-electron chi connectivity index (χ1n) is 6.45. The van der Waals surface area contributed by atoms with Gasteiger partial charge in [0.2, 0.25) is 0 Å². The summed E-state index contributed by atoms with van der Waals surface area (Å²) in [5.74, 6) is 0. The molecule has 0 amide bonds. The fourth-order valence-electron chi connectivity index (χ4n) is 2.19. The Morgan fingerprint density at radius 2 is 1.70 bits per heavy atom. The van der Waals surface area contributed by atoms with E-state index in [9.17, 15) is 0 Å². The van der Waals surface area contributed by atoms with E-state index in [1.54, 1.807) is 0 Å². The molecule has 3 rings (SSSR count). The summed E-state index contributed by atoms with van der Waals surface area (Å²) < 4.78 is 10.7. The summed E-state index contributed by atoms with van der Waals surface area (Å²) in [5, 5.41) is 0. The van der Waals surface area contributed by atoms with Gasteiger partial charge >= 0.3 is 0 Å². The van der Waals surface area contributed by atoms with Gasteiger partial charge in [-0.15, -0.1) is 0 Å². The highest BCUT2D eigenvalue weighted by atomic mass is 16.7. The molecule has 1 aromatic carbocycles. The van der Waals surface area contributed by atoms with Crippen molar-refractivity contribution >= 4 is 5.69 Å². The van der Waals surface area contributed by atoms with Gasteiger partial charge in [0.15, 0.2) is 0 Å². The summed E-state index contributed by atoms with van der Waals surface area (Å²) >= 11 is 0. The van der Waals surface area contributed by atoms with Crippen molar-refractivity contribution in [1.29, 1.82) is 0 Å². The number of benzene rings is 1.